The zero-order valence-corrected chi connectivity index (χ0v) is 15.2. The summed E-state index contributed by atoms with van der Waals surface area (Å²) in [6.07, 6.45) is 3.18. The molecule has 1 unspecified atom stereocenters. The molecule has 24 heavy (non-hydrogen) atoms. The Bertz CT molecular complexity index is 792. The molecule has 0 saturated carbocycles. The Hall–Kier alpha value is -1.54. The first-order valence-electron chi connectivity index (χ1n) is 8.24. The molecule has 1 saturated heterocycles. The maximum atomic E-state index is 11.4. The molecule has 6 nitrogen and oxygen atoms in total. The number of aromatic nitrogens is 2. The van der Waals surface area contributed by atoms with E-state index in [0.717, 1.165) is 34.7 Å². The molecule has 1 amide bonds. The topological polar surface area (TPSA) is 81.3 Å². The van der Waals surface area contributed by atoms with Gasteiger partial charge >= 0.3 is 6.09 Å². The highest BCUT2D eigenvalue weighted by atomic mass is 32.2. The Labute approximate surface area is 148 Å². The number of fused-ring (bicyclic) bond motifs is 3. The first-order chi connectivity index (χ1) is 11.6. The molecule has 3 heterocycles. The predicted octanol–water partition coefficient (Wildman–Crippen LogP) is 2.94. The maximum Gasteiger partial charge on any atom is 0.409 e. The molecule has 8 heteroatoms. The number of thiophene rings is 1. The van der Waals surface area contributed by atoms with Gasteiger partial charge in [-0.2, -0.15) is 0 Å². The molecule has 1 aliphatic carbocycles. The van der Waals surface area contributed by atoms with Crippen LogP contribution in [0.2, 0.25) is 0 Å². The van der Waals surface area contributed by atoms with Gasteiger partial charge in [0.15, 0.2) is 5.16 Å². The summed E-state index contributed by atoms with van der Waals surface area (Å²) in [7, 11) is 0. The van der Waals surface area contributed by atoms with Crippen molar-refractivity contribution in [3.8, 4) is 0 Å². The van der Waals surface area contributed by atoms with E-state index in [0.29, 0.717) is 30.7 Å². The van der Waals surface area contributed by atoms with Crippen molar-refractivity contribution in [2.45, 2.75) is 31.3 Å². The van der Waals surface area contributed by atoms with Crippen molar-refractivity contribution in [3.05, 3.63) is 10.4 Å². The molecule has 0 spiro atoms. The monoisotopic (exact) mass is 364 g/mol. The van der Waals surface area contributed by atoms with Gasteiger partial charge in [-0.05, 0) is 30.7 Å². The summed E-state index contributed by atoms with van der Waals surface area (Å²) in [4.78, 5) is 24.8. The van der Waals surface area contributed by atoms with E-state index < -0.39 is 0 Å². The van der Waals surface area contributed by atoms with E-state index in [1.165, 1.54) is 28.6 Å². The molecular weight excluding hydrogens is 344 g/mol. The van der Waals surface area contributed by atoms with Gasteiger partial charge in [-0.3, -0.25) is 0 Å². The third-order valence-corrected chi connectivity index (χ3v) is 6.58. The number of thioether (sulfide) groups is 1. The zero-order valence-electron chi connectivity index (χ0n) is 13.6. The number of aryl methyl sites for hydroxylation is 1. The summed E-state index contributed by atoms with van der Waals surface area (Å²) < 4.78 is 4.93. The van der Waals surface area contributed by atoms with E-state index in [4.69, 9.17) is 15.5 Å². The largest absolute Gasteiger partial charge is 0.448 e. The summed E-state index contributed by atoms with van der Waals surface area (Å²) in [6, 6.07) is 0. The summed E-state index contributed by atoms with van der Waals surface area (Å²) >= 11 is 3.30. The molecule has 2 aromatic heterocycles. The van der Waals surface area contributed by atoms with Crippen LogP contribution in [0, 0.1) is 5.92 Å². The molecule has 4 rings (SSSR count). The molecule has 1 aliphatic heterocycles. The van der Waals surface area contributed by atoms with Gasteiger partial charge < -0.3 is 15.4 Å². The standard InChI is InChI=1S/C16H20N4O2S2/c1-9-2-3-10-11(8-9)24-14-12(10)13(17)18-15(19-14)23-7-5-20-4-6-22-16(20)21/h9H,2-8H2,1H3,(H2,17,18,19). The van der Waals surface area contributed by atoms with E-state index in [1.54, 1.807) is 16.2 Å². The quantitative estimate of drug-likeness (QED) is 0.663. The second-order valence-corrected chi connectivity index (χ2v) is 8.52. The number of ether oxygens (including phenoxy) is 1. The van der Waals surface area contributed by atoms with Crippen LogP contribution in [-0.4, -0.2) is 46.4 Å². The van der Waals surface area contributed by atoms with E-state index >= 15 is 0 Å². The maximum absolute atomic E-state index is 11.4. The van der Waals surface area contributed by atoms with Crippen LogP contribution in [-0.2, 0) is 17.6 Å². The van der Waals surface area contributed by atoms with Crippen molar-refractivity contribution >= 4 is 45.2 Å². The number of hydrogen-bond acceptors (Lipinski definition) is 7. The summed E-state index contributed by atoms with van der Waals surface area (Å²) in [6.45, 7) is 4.09. The van der Waals surface area contributed by atoms with Gasteiger partial charge in [0.25, 0.3) is 0 Å². The molecule has 0 aromatic carbocycles. The summed E-state index contributed by atoms with van der Waals surface area (Å²) in [5.74, 6) is 2.06. The van der Waals surface area contributed by atoms with E-state index in [1.807, 2.05) is 0 Å². The second kappa shape index (κ2) is 6.40. The smallest absolute Gasteiger partial charge is 0.409 e. The molecule has 2 aromatic rings. The van der Waals surface area contributed by atoms with Crippen LogP contribution >= 0.6 is 23.1 Å². The lowest BCUT2D eigenvalue weighted by atomic mass is 9.89. The molecule has 2 aliphatic rings. The number of carbonyl (C=O) groups excluding carboxylic acids is 1. The highest BCUT2D eigenvalue weighted by Crippen LogP contribution is 2.39. The van der Waals surface area contributed by atoms with Crippen molar-refractivity contribution in [2.75, 3.05) is 31.2 Å². The van der Waals surface area contributed by atoms with Gasteiger partial charge in [0.2, 0.25) is 0 Å². The van der Waals surface area contributed by atoms with Gasteiger partial charge in [-0.25, -0.2) is 14.8 Å². The molecule has 1 atom stereocenters. The molecule has 0 radical (unpaired) electrons. The van der Waals surface area contributed by atoms with Crippen LogP contribution in [0.25, 0.3) is 10.2 Å². The van der Waals surface area contributed by atoms with Gasteiger partial charge in [0.05, 0.1) is 11.9 Å². The number of rotatable bonds is 4. The van der Waals surface area contributed by atoms with E-state index in [-0.39, 0.29) is 6.09 Å². The average molecular weight is 364 g/mol. The van der Waals surface area contributed by atoms with Crippen molar-refractivity contribution < 1.29 is 9.53 Å². The zero-order chi connectivity index (χ0) is 16.7. The average Bonchev–Trinajstić information content (AvgIpc) is 3.10. The first kappa shape index (κ1) is 16.0. The van der Waals surface area contributed by atoms with Crippen LogP contribution in [0.1, 0.15) is 23.8 Å². The highest BCUT2D eigenvalue weighted by molar-refractivity contribution is 7.99. The van der Waals surface area contributed by atoms with Crippen molar-refractivity contribution in [3.63, 3.8) is 0 Å². The molecule has 2 N–H and O–H groups in total. The van der Waals surface area contributed by atoms with Gasteiger partial charge in [0.1, 0.15) is 17.3 Å². The van der Waals surface area contributed by atoms with Crippen LogP contribution in [0.3, 0.4) is 0 Å². The minimum atomic E-state index is -0.230. The molecule has 1 fully saturated rings. The lowest BCUT2D eigenvalue weighted by Crippen LogP contribution is -2.26. The third kappa shape index (κ3) is 2.93. The Morgan fingerprint density at radius 2 is 2.33 bits per heavy atom. The Morgan fingerprint density at radius 1 is 1.46 bits per heavy atom. The first-order valence-corrected chi connectivity index (χ1v) is 10.0. The second-order valence-electron chi connectivity index (χ2n) is 6.37. The van der Waals surface area contributed by atoms with Crippen molar-refractivity contribution in [2.24, 2.45) is 5.92 Å². The summed E-state index contributed by atoms with van der Waals surface area (Å²) in [5.41, 5.74) is 7.60. The van der Waals surface area contributed by atoms with Crippen molar-refractivity contribution in [1.29, 1.82) is 0 Å². The highest BCUT2D eigenvalue weighted by Gasteiger charge is 2.24. The number of nitrogen functional groups attached to an aromatic ring is 1. The fourth-order valence-corrected chi connectivity index (χ4v) is 5.55. The van der Waals surface area contributed by atoms with E-state index in [2.05, 4.69) is 11.9 Å². The Morgan fingerprint density at radius 3 is 3.12 bits per heavy atom. The number of cyclic esters (lactones) is 1. The fourth-order valence-electron chi connectivity index (χ4n) is 3.29. The molecule has 128 valence electrons. The van der Waals surface area contributed by atoms with Gasteiger partial charge in [-0.1, -0.05) is 18.7 Å². The number of carbonyl (C=O) groups is 1. The van der Waals surface area contributed by atoms with Crippen molar-refractivity contribution in [1.82, 2.24) is 14.9 Å². The fraction of sp³-hybridized carbons (Fsp3) is 0.562. The Kier molecular flexibility index (Phi) is 4.26. The Balaban J connectivity index is 1.51. The number of hydrogen-bond donors (Lipinski definition) is 1. The van der Waals surface area contributed by atoms with Crippen LogP contribution in [0.4, 0.5) is 10.6 Å². The number of amides is 1. The SMILES string of the molecule is CC1CCc2c(sc3nc(SCCN4CCOC4=O)nc(N)c23)C1. The van der Waals surface area contributed by atoms with Crippen LogP contribution in [0.5, 0.6) is 0 Å². The summed E-state index contributed by atoms with van der Waals surface area (Å²) in [5, 5.41) is 1.76. The molecule has 0 bridgehead atoms. The van der Waals surface area contributed by atoms with E-state index in [9.17, 15) is 4.79 Å². The third-order valence-electron chi connectivity index (χ3n) is 4.60. The molecular formula is C16H20N4O2S2. The normalized spacial score (nSPS) is 20.5. The lowest BCUT2D eigenvalue weighted by molar-refractivity contribution is 0.160. The van der Waals surface area contributed by atoms with Crippen LogP contribution in [0.15, 0.2) is 5.16 Å². The lowest BCUT2D eigenvalue weighted by Gasteiger charge is -2.17. The van der Waals surface area contributed by atoms with Gasteiger partial charge in [-0.15, -0.1) is 11.3 Å². The minimum Gasteiger partial charge on any atom is -0.448 e. The number of anilines is 1. The van der Waals surface area contributed by atoms with Gasteiger partial charge in [0, 0.05) is 17.2 Å². The number of nitrogens with zero attached hydrogens (tertiary/aromatic N) is 3. The minimum absolute atomic E-state index is 0.230. The van der Waals surface area contributed by atoms with Crippen LogP contribution < -0.4 is 5.73 Å². The predicted molar refractivity (Wildman–Crippen MR) is 96.7 cm³/mol. The number of nitrogens with two attached hydrogens (primary N) is 1.